The summed E-state index contributed by atoms with van der Waals surface area (Å²) in [7, 11) is 0. The van der Waals surface area contributed by atoms with Crippen molar-refractivity contribution in [1.29, 1.82) is 0 Å². The third-order valence-corrected chi connectivity index (χ3v) is 4.20. The molecule has 2 N–H and O–H groups in total. The first-order valence-corrected chi connectivity index (χ1v) is 5.79. The van der Waals surface area contributed by atoms with Crippen LogP contribution in [0.15, 0.2) is 0 Å². The summed E-state index contributed by atoms with van der Waals surface area (Å²) in [5, 5.41) is 0. The molecule has 0 amide bonds. The van der Waals surface area contributed by atoms with Crippen LogP contribution in [-0.4, -0.2) is 24.2 Å². The molecule has 1 fully saturated rings. The molecule has 1 saturated heterocycles. The molecule has 1 heterocycles. The molecule has 1 nitrogen and oxygen atoms in total. The SMILES string of the molecule is CC(F)C1(CCN)CCCSC1. The Morgan fingerprint density at radius 3 is 2.83 bits per heavy atom. The first-order valence-electron chi connectivity index (χ1n) is 4.63. The summed E-state index contributed by atoms with van der Waals surface area (Å²) in [4.78, 5) is 0. The summed E-state index contributed by atoms with van der Waals surface area (Å²) in [5.41, 5.74) is 5.41. The summed E-state index contributed by atoms with van der Waals surface area (Å²) < 4.78 is 13.4. The van der Waals surface area contributed by atoms with E-state index in [9.17, 15) is 4.39 Å². The highest BCUT2D eigenvalue weighted by Gasteiger charge is 2.37. The minimum atomic E-state index is -0.700. The van der Waals surface area contributed by atoms with Crippen molar-refractivity contribution in [2.75, 3.05) is 18.1 Å². The van der Waals surface area contributed by atoms with Gasteiger partial charge in [-0.25, -0.2) is 4.39 Å². The van der Waals surface area contributed by atoms with E-state index in [-0.39, 0.29) is 5.41 Å². The zero-order valence-electron chi connectivity index (χ0n) is 7.68. The lowest BCUT2D eigenvalue weighted by Gasteiger charge is -2.38. The Labute approximate surface area is 78.3 Å². The maximum Gasteiger partial charge on any atom is 0.104 e. The van der Waals surface area contributed by atoms with E-state index in [4.69, 9.17) is 5.73 Å². The average molecular weight is 191 g/mol. The van der Waals surface area contributed by atoms with Gasteiger partial charge in [0.2, 0.25) is 0 Å². The molecule has 2 atom stereocenters. The second-order valence-electron chi connectivity index (χ2n) is 3.67. The molecule has 0 saturated carbocycles. The summed E-state index contributed by atoms with van der Waals surface area (Å²) >= 11 is 1.87. The average Bonchev–Trinajstić information content (AvgIpc) is 2.06. The van der Waals surface area contributed by atoms with Gasteiger partial charge in [-0.1, -0.05) is 0 Å². The first-order chi connectivity index (χ1) is 5.71. The van der Waals surface area contributed by atoms with Gasteiger partial charge in [0.1, 0.15) is 6.17 Å². The lowest BCUT2D eigenvalue weighted by atomic mass is 9.78. The van der Waals surface area contributed by atoms with Crippen LogP contribution in [0.1, 0.15) is 26.2 Å². The smallest absolute Gasteiger partial charge is 0.104 e. The van der Waals surface area contributed by atoms with E-state index < -0.39 is 6.17 Å². The fourth-order valence-electron chi connectivity index (χ4n) is 1.87. The fraction of sp³-hybridized carbons (Fsp3) is 1.00. The number of nitrogens with two attached hydrogens (primary N) is 1. The quantitative estimate of drug-likeness (QED) is 0.740. The highest BCUT2D eigenvalue weighted by Crippen LogP contribution is 2.41. The molecule has 3 heteroatoms. The van der Waals surface area contributed by atoms with Crippen LogP contribution in [0.2, 0.25) is 0 Å². The van der Waals surface area contributed by atoms with Crippen LogP contribution < -0.4 is 5.73 Å². The van der Waals surface area contributed by atoms with Crippen LogP contribution in [-0.2, 0) is 0 Å². The van der Waals surface area contributed by atoms with Gasteiger partial charge in [-0.15, -0.1) is 0 Å². The van der Waals surface area contributed by atoms with E-state index in [1.54, 1.807) is 6.92 Å². The summed E-state index contributed by atoms with van der Waals surface area (Å²) in [6.07, 6.45) is 2.32. The molecule has 2 unspecified atom stereocenters. The molecule has 0 aromatic heterocycles. The van der Waals surface area contributed by atoms with Crippen molar-refractivity contribution in [3.63, 3.8) is 0 Å². The Morgan fingerprint density at radius 2 is 2.42 bits per heavy atom. The molecule has 0 bridgehead atoms. The van der Waals surface area contributed by atoms with Gasteiger partial charge < -0.3 is 5.73 Å². The Hall–Kier alpha value is 0.240. The van der Waals surface area contributed by atoms with Crippen LogP contribution in [0, 0.1) is 5.41 Å². The van der Waals surface area contributed by atoms with Gasteiger partial charge in [-0.3, -0.25) is 0 Å². The number of rotatable bonds is 3. The number of hydrogen-bond acceptors (Lipinski definition) is 2. The third-order valence-electron chi connectivity index (χ3n) is 2.84. The number of halogens is 1. The molecule has 0 aromatic carbocycles. The predicted octanol–water partition coefficient (Wildman–Crippen LogP) is 2.21. The molecule has 72 valence electrons. The standard InChI is InChI=1S/C9H18FNS/c1-8(10)9(4-5-11)3-2-6-12-7-9/h8H,2-7,11H2,1H3. The van der Waals surface area contributed by atoms with E-state index in [0.29, 0.717) is 6.54 Å². The van der Waals surface area contributed by atoms with E-state index in [2.05, 4.69) is 0 Å². The summed E-state index contributed by atoms with van der Waals surface area (Å²) in [6.45, 7) is 2.30. The van der Waals surface area contributed by atoms with Crippen molar-refractivity contribution in [3.8, 4) is 0 Å². The van der Waals surface area contributed by atoms with Crippen molar-refractivity contribution in [2.45, 2.75) is 32.4 Å². The van der Waals surface area contributed by atoms with Gasteiger partial charge in [0, 0.05) is 11.2 Å². The zero-order chi connectivity index (χ0) is 9.03. The first kappa shape index (κ1) is 10.3. The summed E-state index contributed by atoms with van der Waals surface area (Å²) in [5.74, 6) is 2.15. The fourth-order valence-corrected chi connectivity index (χ4v) is 3.29. The highest BCUT2D eigenvalue weighted by atomic mass is 32.2. The van der Waals surface area contributed by atoms with Crippen LogP contribution in [0.4, 0.5) is 4.39 Å². The second-order valence-corrected chi connectivity index (χ2v) is 4.78. The maximum absolute atomic E-state index is 13.4. The largest absolute Gasteiger partial charge is 0.330 e. The summed E-state index contributed by atoms with van der Waals surface area (Å²) in [6, 6.07) is 0. The minimum Gasteiger partial charge on any atom is -0.330 e. The van der Waals surface area contributed by atoms with Gasteiger partial charge in [0.05, 0.1) is 0 Å². The normalized spacial score (nSPS) is 33.2. The van der Waals surface area contributed by atoms with E-state index in [1.165, 1.54) is 5.75 Å². The molecule has 1 aliphatic rings. The van der Waals surface area contributed by atoms with Crippen molar-refractivity contribution in [2.24, 2.45) is 11.1 Å². The van der Waals surface area contributed by atoms with Gasteiger partial charge >= 0.3 is 0 Å². The molecular formula is C9H18FNS. The maximum atomic E-state index is 13.4. The monoisotopic (exact) mass is 191 g/mol. The van der Waals surface area contributed by atoms with Crippen LogP contribution in [0.25, 0.3) is 0 Å². The Morgan fingerprint density at radius 1 is 1.67 bits per heavy atom. The second kappa shape index (κ2) is 4.47. The molecule has 0 radical (unpaired) electrons. The minimum absolute atomic E-state index is 0.0995. The van der Waals surface area contributed by atoms with E-state index in [0.717, 1.165) is 25.0 Å². The number of hydrogen-bond donors (Lipinski definition) is 1. The van der Waals surface area contributed by atoms with Crippen molar-refractivity contribution in [1.82, 2.24) is 0 Å². The van der Waals surface area contributed by atoms with Crippen LogP contribution in [0.3, 0.4) is 0 Å². The highest BCUT2D eigenvalue weighted by molar-refractivity contribution is 7.99. The Kier molecular flexibility index (Phi) is 3.84. The van der Waals surface area contributed by atoms with Gasteiger partial charge in [0.15, 0.2) is 0 Å². The lowest BCUT2D eigenvalue weighted by Crippen LogP contribution is -2.37. The zero-order valence-corrected chi connectivity index (χ0v) is 8.50. The van der Waals surface area contributed by atoms with Crippen molar-refractivity contribution < 1.29 is 4.39 Å². The van der Waals surface area contributed by atoms with Crippen LogP contribution in [0.5, 0.6) is 0 Å². The van der Waals surface area contributed by atoms with Crippen molar-refractivity contribution in [3.05, 3.63) is 0 Å². The topological polar surface area (TPSA) is 26.0 Å². The van der Waals surface area contributed by atoms with E-state index in [1.807, 2.05) is 11.8 Å². The van der Waals surface area contributed by atoms with Gasteiger partial charge in [-0.2, -0.15) is 11.8 Å². The molecule has 1 aliphatic heterocycles. The lowest BCUT2D eigenvalue weighted by molar-refractivity contribution is 0.121. The number of thioether (sulfide) groups is 1. The third kappa shape index (κ3) is 2.13. The molecule has 12 heavy (non-hydrogen) atoms. The molecule has 1 rings (SSSR count). The molecule has 0 spiro atoms. The number of alkyl halides is 1. The molecule has 0 aromatic rings. The van der Waals surface area contributed by atoms with Gasteiger partial charge in [-0.05, 0) is 38.5 Å². The Bertz CT molecular complexity index is 127. The van der Waals surface area contributed by atoms with E-state index >= 15 is 0 Å². The molecule has 0 aliphatic carbocycles. The predicted molar refractivity (Wildman–Crippen MR) is 53.2 cm³/mol. The van der Waals surface area contributed by atoms with Crippen molar-refractivity contribution >= 4 is 11.8 Å². The van der Waals surface area contributed by atoms with Crippen LogP contribution >= 0.6 is 11.8 Å². The van der Waals surface area contributed by atoms with Gasteiger partial charge in [0.25, 0.3) is 0 Å². The Balaban J connectivity index is 2.56. The molecular weight excluding hydrogens is 173 g/mol.